The first-order chi connectivity index (χ1) is 18.5. The minimum Gasteiger partial charge on any atom is -0.497 e. The Morgan fingerprint density at radius 2 is 1.76 bits per heavy atom. The standard InChI is InChI=1S/C29H27N5O4/c1-38-22-13-9-19(10-14-22)18-25(26(35)29(37)31-21-11-12-21)32-28(36)23-8-5-16-30-27(23)34-17-15-24(33-34)20-6-3-2-4-7-20/h2-10,13-17,21,25H,11-12,18H2,1H3,(H,31,37)(H,32,36)/t25-/m1/s1. The van der Waals surface area contributed by atoms with Gasteiger partial charge in [0.2, 0.25) is 5.78 Å². The van der Waals surface area contributed by atoms with Gasteiger partial charge in [0.25, 0.3) is 11.8 Å². The molecular formula is C29H27N5O4. The van der Waals surface area contributed by atoms with Gasteiger partial charge in [-0.25, -0.2) is 9.67 Å². The average molecular weight is 510 g/mol. The number of carbonyl (C=O) groups is 3. The van der Waals surface area contributed by atoms with Gasteiger partial charge in [-0.05, 0) is 48.7 Å². The molecule has 38 heavy (non-hydrogen) atoms. The van der Waals surface area contributed by atoms with Crippen LogP contribution in [0.3, 0.4) is 0 Å². The molecule has 2 aromatic carbocycles. The zero-order valence-corrected chi connectivity index (χ0v) is 20.8. The van der Waals surface area contributed by atoms with Crippen molar-refractivity contribution in [1.82, 2.24) is 25.4 Å². The Labute approximate surface area is 219 Å². The molecule has 4 aromatic rings. The second-order valence-corrected chi connectivity index (χ2v) is 9.08. The van der Waals surface area contributed by atoms with Gasteiger partial charge in [0.15, 0.2) is 5.82 Å². The molecule has 0 saturated heterocycles. The van der Waals surface area contributed by atoms with Crippen LogP contribution in [0.5, 0.6) is 5.75 Å². The molecule has 192 valence electrons. The fourth-order valence-electron chi connectivity index (χ4n) is 4.05. The van der Waals surface area contributed by atoms with Crippen molar-refractivity contribution in [2.45, 2.75) is 31.3 Å². The van der Waals surface area contributed by atoms with E-state index in [0.29, 0.717) is 11.6 Å². The van der Waals surface area contributed by atoms with E-state index in [-0.39, 0.29) is 18.0 Å². The topological polar surface area (TPSA) is 115 Å². The molecule has 0 bridgehead atoms. The number of rotatable bonds is 10. The van der Waals surface area contributed by atoms with Gasteiger partial charge in [0, 0.05) is 30.4 Å². The molecule has 0 radical (unpaired) electrons. The Hall–Kier alpha value is -4.79. The highest BCUT2D eigenvalue weighted by molar-refractivity contribution is 6.38. The summed E-state index contributed by atoms with van der Waals surface area (Å²) in [6.45, 7) is 0. The third-order valence-corrected chi connectivity index (χ3v) is 6.26. The quantitative estimate of drug-likeness (QED) is 0.318. The number of hydrogen-bond donors (Lipinski definition) is 2. The second-order valence-electron chi connectivity index (χ2n) is 9.08. The molecule has 2 amide bonds. The van der Waals surface area contributed by atoms with Gasteiger partial charge in [-0.1, -0.05) is 42.5 Å². The van der Waals surface area contributed by atoms with Gasteiger partial charge in [-0.2, -0.15) is 5.10 Å². The number of ether oxygens (including phenoxy) is 1. The zero-order chi connectivity index (χ0) is 26.5. The van der Waals surface area contributed by atoms with Crippen LogP contribution >= 0.6 is 0 Å². The first-order valence-corrected chi connectivity index (χ1v) is 12.4. The molecule has 5 rings (SSSR count). The Morgan fingerprint density at radius 3 is 2.47 bits per heavy atom. The highest BCUT2D eigenvalue weighted by Crippen LogP contribution is 2.20. The number of carbonyl (C=O) groups excluding carboxylic acids is 3. The van der Waals surface area contributed by atoms with Crippen LogP contribution in [0.2, 0.25) is 0 Å². The van der Waals surface area contributed by atoms with E-state index in [1.54, 1.807) is 55.9 Å². The van der Waals surface area contributed by atoms with E-state index < -0.39 is 23.6 Å². The van der Waals surface area contributed by atoms with Crippen LogP contribution in [0.25, 0.3) is 17.1 Å². The summed E-state index contributed by atoms with van der Waals surface area (Å²) in [5.74, 6) is -0.947. The number of aromatic nitrogens is 3. The molecule has 1 atom stereocenters. The van der Waals surface area contributed by atoms with Crippen LogP contribution in [-0.4, -0.2) is 51.6 Å². The number of methoxy groups -OCH3 is 1. The van der Waals surface area contributed by atoms with Crippen LogP contribution in [0, 0.1) is 0 Å². The minimum atomic E-state index is -1.07. The predicted octanol–water partition coefficient (Wildman–Crippen LogP) is 3.13. The number of benzene rings is 2. The summed E-state index contributed by atoms with van der Waals surface area (Å²) in [6, 6.07) is 20.8. The van der Waals surface area contributed by atoms with Crippen molar-refractivity contribution < 1.29 is 19.1 Å². The molecule has 0 spiro atoms. The number of pyridine rings is 1. The Morgan fingerprint density at radius 1 is 1.00 bits per heavy atom. The van der Waals surface area contributed by atoms with Crippen LogP contribution in [0.1, 0.15) is 28.8 Å². The molecular weight excluding hydrogens is 482 g/mol. The summed E-state index contributed by atoms with van der Waals surface area (Å²) in [7, 11) is 1.57. The van der Waals surface area contributed by atoms with E-state index in [9.17, 15) is 14.4 Å². The van der Waals surface area contributed by atoms with Crippen molar-refractivity contribution in [3.8, 4) is 22.8 Å². The summed E-state index contributed by atoms with van der Waals surface area (Å²) < 4.78 is 6.73. The predicted molar refractivity (Wildman–Crippen MR) is 141 cm³/mol. The number of ketones is 1. The molecule has 9 heteroatoms. The van der Waals surface area contributed by atoms with Gasteiger partial charge in [0.1, 0.15) is 11.8 Å². The van der Waals surface area contributed by atoms with Gasteiger partial charge in [-0.15, -0.1) is 0 Å². The zero-order valence-electron chi connectivity index (χ0n) is 20.8. The fourth-order valence-corrected chi connectivity index (χ4v) is 4.05. The highest BCUT2D eigenvalue weighted by atomic mass is 16.5. The molecule has 9 nitrogen and oxygen atoms in total. The lowest BCUT2D eigenvalue weighted by molar-refractivity contribution is -0.139. The Balaban J connectivity index is 1.39. The largest absolute Gasteiger partial charge is 0.497 e. The van der Waals surface area contributed by atoms with Crippen molar-refractivity contribution in [2.24, 2.45) is 0 Å². The van der Waals surface area contributed by atoms with Gasteiger partial charge < -0.3 is 15.4 Å². The van der Waals surface area contributed by atoms with Crippen LogP contribution < -0.4 is 15.4 Å². The van der Waals surface area contributed by atoms with Crippen LogP contribution in [0.4, 0.5) is 0 Å². The summed E-state index contributed by atoms with van der Waals surface area (Å²) in [4.78, 5) is 43.6. The average Bonchev–Trinajstić information content (AvgIpc) is 3.64. The SMILES string of the molecule is COc1ccc(C[C@@H](NC(=O)c2cccnc2-n2ccc(-c3ccccc3)n2)C(=O)C(=O)NC2CC2)cc1. The van der Waals surface area contributed by atoms with E-state index in [0.717, 1.165) is 29.7 Å². The molecule has 1 aliphatic carbocycles. The molecule has 0 unspecified atom stereocenters. The lowest BCUT2D eigenvalue weighted by atomic mass is 10.0. The Bertz CT molecular complexity index is 1450. The number of hydrogen-bond acceptors (Lipinski definition) is 6. The van der Waals surface area contributed by atoms with E-state index in [1.807, 2.05) is 36.4 Å². The summed E-state index contributed by atoms with van der Waals surface area (Å²) in [5, 5.41) is 10.1. The highest BCUT2D eigenvalue weighted by Gasteiger charge is 2.32. The molecule has 1 aliphatic rings. The normalized spacial score (nSPS) is 13.4. The van der Waals surface area contributed by atoms with Crippen molar-refractivity contribution in [2.75, 3.05) is 7.11 Å². The van der Waals surface area contributed by atoms with E-state index >= 15 is 0 Å². The van der Waals surface area contributed by atoms with Crippen molar-refractivity contribution in [1.29, 1.82) is 0 Å². The summed E-state index contributed by atoms with van der Waals surface area (Å²) >= 11 is 0. The first-order valence-electron chi connectivity index (χ1n) is 12.4. The maximum absolute atomic E-state index is 13.5. The van der Waals surface area contributed by atoms with Crippen LogP contribution in [-0.2, 0) is 16.0 Å². The smallest absolute Gasteiger partial charge is 0.289 e. The molecule has 1 saturated carbocycles. The third-order valence-electron chi connectivity index (χ3n) is 6.26. The van der Waals surface area contributed by atoms with Crippen molar-refractivity contribution >= 4 is 17.6 Å². The lowest BCUT2D eigenvalue weighted by Gasteiger charge is -2.18. The molecule has 2 heterocycles. The number of nitrogens with zero attached hydrogens (tertiary/aromatic N) is 3. The number of Topliss-reactive ketones (excluding diaryl/α,β-unsaturated/α-hetero) is 1. The van der Waals surface area contributed by atoms with Gasteiger partial charge in [-0.3, -0.25) is 14.4 Å². The van der Waals surface area contributed by atoms with E-state index in [2.05, 4.69) is 20.7 Å². The first kappa shape index (κ1) is 24.9. The van der Waals surface area contributed by atoms with Gasteiger partial charge in [0.05, 0.1) is 18.4 Å². The molecule has 1 fully saturated rings. The second kappa shape index (κ2) is 11.1. The Kier molecular flexibility index (Phi) is 7.26. The van der Waals surface area contributed by atoms with Crippen LogP contribution in [0.15, 0.2) is 85.2 Å². The maximum Gasteiger partial charge on any atom is 0.289 e. The number of nitrogens with one attached hydrogen (secondary N) is 2. The van der Waals surface area contributed by atoms with E-state index in [4.69, 9.17) is 4.74 Å². The maximum atomic E-state index is 13.5. The fraction of sp³-hybridized carbons (Fsp3) is 0.207. The van der Waals surface area contributed by atoms with Gasteiger partial charge >= 0.3 is 0 Å². The van der Waals surface area contributed by atoms with Crippen molar-refractivity contribution in [3.63, 3.8) is 0 Å². The van der Waals surface area contributed by atoms with Crippen molar-refractivity contribution in [3.05, 3.63) is 96.3 Å². The monoisotopic (exact) mass is 509 g/mol. The minimum absolute atomic E-state index is 0.0207. The van der Waals surface area contributed by atoms with E-state index in [1.165, 1.54) is 4.68 Å². The lowest BCUT2D eigenvalue weighted by Crippen LogP contribution is -2.49. The summed E-state index contributed by atoms with van der Waals surface area (Å²) in [5.41, 5.74) is 2.66. The third kappa shape index (κ3) is 5.78. The summed E-state index contributed by atoms with van der Waals surface area (Å²) in [6.07, 6.45) is 5.14. The molecule has 0 aliphatic heterocycles. The molecule has 2 N–H and O–H groups in total. The number of amides is 2. The molecule has 2 aromatic heterocycles.